The highest BCUT2D eigenvalue weighted by Gasteiger charge is 2.21. The monoisotopic (exact) mass is 451 g/mol. The van der Waals surface area contributed by atoms with E-state index >= 15 is 0 Å². The average Bonchev–Trinajstić information content (AvgIpc) is 3.36. The number of rotatable bonds is 7. The third-order valence-electron chi connectivity index (χ3n) is 4.58. The van der Waals surface area contributed by atoms with Crippen LogP contribution >= 0.6 is 22.7 Å². The van der Waals surface area contributed by atoms with E-state index in [4.69, 9.17) is 4.74 Å². The number of benzene rings is 1. The zero-order valence-electron chi connectivity index (χ0n) is 17.1. The number of aryl methyl sites for hydroxylation is 2. The second-order valence-electron chi connectivity index (χ2n) is 7.03. The van der Waals surface area contributed by atoms with Gasteiger partial charge in [-0.05, 0) is 42.5 Å². The quantitative estimate of drug-likeness (QED) is 0.427. The van der Waals surface area contributed by atoms with Crippen LogP contribution in [-0.2, 0) is 13.2 Å². The first-order chi connectivity index (χ1) is 15.0. The minimum absolute atomic E-state index is 0.202. The van der Waals surface area contributed by atoms with Gasteiger partial charge in [-0.3, -0.25) is 9.59 Å². The van der Waals surface area contributed by atoms with E-state index in [0.717, 1.165) is 10.4 Å². The fourth-order valence-corrected chi connectivity index (χ4v) is 4.91. The first-order valence-corrected chi connectivity index (χ1v) is 11.4. The van der Waals surface area contributed by atoms with Crippen molar-refractivity contribution in [1.29, 1.82) is 0 Å². The molecular weight excluding hydrogens is 430 g/mol. The Morgan fingerprint density at radius 1 is 1.19 bits per heavy atom. The smallest absolute Gasteiger partial charge is 0.263 e. The summed E-state index contributed by atoms with van der Waals surface area (Å²) in [5, 5.41) is 5.44. The number of hydrogen-bond donors (Lipinski definition) is 2. The van der Waals surface area contributed by atoms with Gasteiger partial charge in [0.05, 0.1) is 12.2 Å². The molecule has 3 heterocycles. The molecule has 158 valence electrons. The Balaban J connectivity index is 1.56. The Morgan fingerprint density at radius 2 is 2.00 bits per heavy atom. The summed E-state index contributed by atoms with van der Waals surface area (Å²) in [6.07, 6.45) is 1.54. The molecule has 31 heavy (non-hydrogen) atoms. The van der Waals surface area contributed by atoms with Gasteiger partial charge in [-0.2, -0.15) is 0 Å². The number of carbonyl (C=O) groups excluding carboxylic acids is 1. The number of nitrogens with zero attached hydrogens (tertiary/aromatic N) is 1. The van der Waals surface area contributed by atoms with Gasteiger partial charge < -0.3 is 15.0 Å². The number of hydrogen-bond acceptors (Lipinski definition) is 6. The van der Waals surface area contributed by atoms with Crippen molar-refractivity contribution in [2.45, 2.75) is 27.0 Å². The van der Waals surface area contributed by atoms with Gasteiger partial charge in [0, 0.05) is 11.1 Å². The molecule has 0 spiro atoms. The van der Waals surface area contributed by atoms with E-state index in [1.165, 1.54) is 16.9 Å². The molecule has 8 heteroatoms. The van der Waals surface area contributed by atoms with Gasteiger partial charge >= 0.3 is 0 Å². The fraction of sp³-hybridized carbons (Fsp3) is 0.174. The largest absolute Gasteiger partial charge is 0.488 e. The maximum Gasteiger partial charge on any atom is 0.263 e. The molecule has 0 aliphatic carbocycles. The van der Waals surface area contributed by atoms with Crippen LogP contribution in [0.25, 0.3) is 10.6 Å². The Bertz CT molecular complexity index is 1260. The molecule has 2 N–H and O–H groups in total. The summed E-state index contributed by atoms with van der Waals surface area (Å²) in [6.45, 7) is 4.58. The standard InChI is InChI=1S/C23H21N3O3S2/c1-14-10-17(30-13-14)11-25-22(28)20-15(2)26-23(31-20)19-18(8-9-24-21(19)27)29-12-16-6-4-3-5-7-16/h3-10,13H,11-12H2,1-2H3,(H,24,27)(H,25,28). The Hall–Kier alpha value is -3.23. The number of thiophene rings is 1. The second kappa shape index (κ2) is 9.28. The number of amides is 1. The predicted molar refractivity (Wildman–Crippen MR) is 124 cm³/mol. The average molecular weight is 452 g/mol. The first-order valence-electron chi connectivity index (χ1n) is 9.69. The van der Waals surface area contributed by atoms with E-state index in [2.05, 4.69) is 26.7 Å². The van der Waals surface area contributed by atoms with Gasteiger partial charge in [-0.25, -0.2) is 4.98 Å². The van der Waals surface area contributed by atoms with E-state index in [-0.39, 0.29) is 11.5 Å². The molecule has 0 unspecified atom stereocenters. The fourth-order valence-electron chi connectivity index (χ4n) is 3.06. The number of nitrogens with one attached hydrogen (secondary N) is 2. The lowest BCUT2D eigenvalue weighted by Gasteiger charge is -2.09. The van der Waals surface area contributed by atoms with Crippen molar-refractivity contribution in [3.63, 3.8) is 0 Å². The summed E-state index contributed by atoms with van der Waals surface area (Å²) in [6, 6.07) is 13.5. The normalized spacial score (nSPS) is 10.8. The van der Waals surface area contributed by atoms with Crippen molar-refractivity contribution in [3.05, 3.63) is 91.0 Å². The van der Waals surface area contributed by atoms with Gasteiger partial charge in [0.1, 0.15) is 27.8 Å². The van der Waals surface area contributed by atoms with E-state index in [1.807, 2.05) is 37.3 Å². The molecule has 0 saturated carbocycles. The van der Waals surface area contributed by atoms with E-state index in [9.17, 15) is 9.59 Å². The zero-order valence-corrected chi connectivity index (χ0v) is 18.7. The molecule has 0 radical (unpaired) electrons. The molecule has 4 rings (SSSR count). The number of aromatic nitrogens is 2. The van der Waals surface area contributed by atoms with Crippen LogP contribution < -0.4 is 15.6 Å². The van der Waals surface area contributed by atoms with Crippen molar-refractivity contribution in [1.82, 2.24) is 15.3 Å². The van der Waals surface area contributed by atoms with Crippen molar-refractivity contribution in [2.75, 3.05) is 0 Å². The number of H-pyrrole nitrogens is 1. The van der Waals surface area contributed by atoms with Crippen LogP contribution in [0.15, 0.2) is 58.8 Å². The molecule has 4 aromatic rings. The molecule has 1 amide bonds. The number of pyridine rings is 1. The van der Waals surface area contributed by atoms with E-state index in [1.54, 1.807) is 30.5 Å². The van der Waals surface area contributed by atoms with E-state index < -0.39 is 0 Å². The first kappa shape index (κ1) is 21.0. The van der Waals surface area contributed by atoms with Crippen molar-refractivity contribution < 1.29 is 9.53 Å². The minimum Gasteiger partial charge on any atom is -0.488 e. The molecular formula is C23H21N3O3S2. The van der Waals surface area contributed by atoms with Crippen molar-refractivity contribution in [3.8, 4) is 16.3 Å². The van der Waals surface area contributed by atoms with Crippen LogP contribution in [0.3, 0.4) is 0 Å². The van der Waals surface area contributed by atoms with Crippen LogP contribution in [0.2, 0.25) is 0 Å². The van der Waals surface area contributed by atoms with Gasteiger partial charge in [0.15, 0.2) is 0 Å². The van der Waals surface area contributed by atoms with Crippen LogP contribution in [0.1, 0.15) is 31.4 Å². The third-order valence-corrected chi connectivity index (χ3v) is 6.81. The molecule has 1 aromatic carbocycles. The predicted octanol–water partition coefficient (Wildman–Crippen LogP) is 4.69. The summed E-state index contributed by atoms with van der Waals surface area (Å²) in [5.74, 6) is 0.230. The lowest BCUT2D eigenvalue weighted by Crippen LogP contribution is -2.22. The molecule has 0 aliphatic heterocycles. The number of aromatic amines is 1. The van der Waals surface area contributed by atoms with Crippen LogP contribution in [0.4, 0.5) is 0 Å². The van der Waals surface area contributed by atoms with Crippen LogP contribution in [0.5, 0.6) is 5.75 Å². The van der Waals surface area contributed by atoms with Crippen LogP contribution in [0, 0.1) is 13.8 Å². The maximum absolute atomic E-state index is 12.7. The molecule has 0 bridgehead atoms. The highest BCUT2D eigenvalue weighted by Crippen LogP contribution is 2.32. The lowest BCUT2D eigenvalue weighted by molar-refractivity contribution is 0.0954. The molecule has 0 aliphatic rings. The summed E-state index contributed by atoms with van der Waals surface area (Å²) in [5.41, 5.74) is 2.78. The summed E-state index contributed by atoms with van der Waals surface area (Å²) in [7, 11) is 0. The van der Waals surface area contributed by atoms with E-state index in [0.29, 0.717) is 40.0 Å². The maximum atomic E-state index is 12.7. The topological polar surface area (TPSA) is 84.1 Å². The highest BCUT2D eigenvalue weighted by atomic mass is 32.1. The Kier molecular flexibility index (Phi) is 6.29. The van der Waals surface area contributed by atoms with Gasteiger partial charge in [-0.15, -0.1) is 22.7 Å². The number of ether oxygens (including phenoxy) is 1. The van der Waals surface area contributed by atoms with Gasteiger partial charge in [-0.1, -0.05) is 30.3 Å². The van der Waals surface area contributed by atoms with Crippen molar-refractivity contribution >= 4 is 28.6 Å². The molecule has 0 atom stereocenters. The third kappa shape index (κ3) is 4.92. The SMILES string of the molecule is Cc1csc(CNC(=O)c2sc(-c3c(OCc4ccccc4)cc[nH]c3=O)nc2C)c1. The van der Waals surface area contributed by atoms with Gasteiger partial charge in [0.2, 0.25) is 0 Å². The zero-order chi connectivity index (χ0) is 21.8. The molecule has 0 saturated heterocycles. The molecule has 3 aromatic heterocycles. The summed E-state index contributed by atoms with van der Waals surface area (Å²) >= 11 is 2.80. The highest BCUT2D eigenvalue weighted by molar-refractivity contribution is 7.17. The molecule has 6 nitrogen and oxygen atoms in total. The van der Waals surface area contributed by atoms with Gasteiger partial charge in [0.25, 0.3) is 11.5 Å². The number of carbonyl (C=O) groups is 1. The Morgan fingerprint density at radius 3 is 2.74 bits per heavy atom. The second-order valence-corrected chi connectivity index (χ2v) is 9.02. The minimum atomic E-state index is -0.305. The van der Waals surface area contributed by atoms with Crippen LogP contribution in [-0.4, -0.2) is 15.9 Å². The molecule has 0 fully saturated rings. The Labute approximate surface area is 187 Å². The lowest BCUT2D eigenvalue weighted by atomic mass is 10.2. The summed E-state index contributed by atoms with van der Waals surface area (Å²) < 4.78 is 5.92. The summed E-state index contributed by atoms with van der Waals surface area (Å²) in [4.78, 5) is 34.1. The number of thiazole rings is 1. The van der Waals surface area contributed by atoms with Crippen molar-refractivity contribution in [2.24, 2.45) is 0 Å².